The normalized spacial score (nSPS) is 52.4. The van der Waals surface area contributed by atoms with Crippen LogP contribution in [0.3, 0.4) is 0 Å². The summed E-state index contributed by atoms with van der Waals surface area (Å²) in [6.45, 7) is 13.2. The zero-order valence-electron chi connectivity index (χ0n) is 23.6. The summed E-state index contributed by atoms with van der Waals surface area (Å²) < 4.78 is 25.3. The largest absolute Gasteiger partial charge is 0.463 e. The van der Waals surface area contributed by atoms with Crippen LogP contribution in [-0.2, 0) is 28.5 Å². The second-order valence-corrected chi connectivity index (χ2v) is 13.9. The molecule has 0 amide bonds. The maximum atomic E-state index is 12.5. The van der Waals surface area contributed by atoms with Gasteiger partial charge in [-0.15, -0.1) is 0 Å². The molecule has 0 unspecified atom stereocenters. The van der Waals surface area contributed by atoms with Crippen LogP contribution >= 0.6 is 0 Å². The molecule has 5 fully saturated rings. The minimum atomic E-state index is -0.487. The van der Waals surface area contributed by atoms with Gasteiger partial charge in [0, 0.05) is 37.5 Å². The van der Waals surface area contributed by atoms with Gasteiger partial charge in [0.1, 0.15) is 12.2 Å². The van der Waals surface area contributed by atoms with Crippen LogP contribution < -0.4 is 0 Å². The van der Waals surface area contributed by atoms with E-state index in [2.05, 4.69) is 33.8 Å². The van der Waals surface area contributed by atoms with Crippen LogP contribution in [0.5, 0.6) is 0 Å². The van der Waals surface area contributed by atoms with Crippen molar-refractivity contribution in [1.82, 2.24) is 0 Å². The second kappa shape index (κ2) is 8.81. The monoisotopic (exact) mass is 514 g/mol. The summed E-state index contributed by atoms with van der Waals surface area (Å²) in [5.74, 6) is 1.69. The quantitative estimate of drug-likeness (QED) is 0.341. The van der Waals surface area contributed by atoms with Gasteiger partial charge in [0.15, 0.2) is 5.79 Å². The standard InChI is InChI=1S/C31H46O6/c1-17-9-12-31(34-16-17)18(2)28-26(37-31)14-25-23-8-7-21-13-22(35-19(3)32)10-11-29(21,5)24(23)15-27(30(25,28)6)36-20(4)33/h15,17-18,21-23,25-28H,7-14,16H2,1-6H3/t17-,18-,21-,22+,23+,25+,26-,27-,28-,29-,30-,31+/m0/s1. The average Bonchev–Trinajstić information content (AvgIpc) is 3.27. The number of carbonyl (C=O) groups is 2. The lowest BCUT2D eigenvalue weighted by molar-refractivity contribution is -0.272. The van der Waals surface area contributed by atoms with E-state index < -0.39 is 5.79 Å². The molecule has 37 heavy (non-hydrogen) atoms. The van der Waals surface area contributed by atoms with E-state index in [1.54, 1.807) is 6.92 Å². The Bertz CT molecular complexity index is 980. The van der Waals surface area contributed by atoms with Gasteiger partial charge in [0.25, 0.3) is 0 Å². The maximum absolute atomic E-state index is 12.5. The molecule has 6 aliphatic rings. The molecule has 0 aromatic heterocycles. The summed E-state index contributed by atoms with van der Waals surface area (Å²) in [7, 11) is 0. The Balaban J connectivity index is 1.34. The van der Waals surface area contributed by atoms with Crippen LogP contribution in [0.2, 0.25) is 0 Å². The highest BCUT2D eigenvalue weighted by atomic mass is 16.7. The lowest BCUT2D eigenvalue weighted by Crippen LogP contribution is -2.55. The molecule has 6 rings (SSSR count). The SMILES string of the molecule is CC(=O)O[C@@H]1CC[C@]2(C)C3=C[C@H](OC(C)=O)[C@@]4(C)[C@@H]5[C@H](C[C@@H]4[C@@H]3CC[C@H]2C1)O[C@]1(CC[C@H](C)CO1)[C@H]5C. The van der Waals surface area contributed by atoms with Crippen LogP contribution in [0.4, 0.5) is 0 Å². The van der Waals surface area contributed by atoms with Gasteiger partial charge in [0.05, 0.1) is 12.7 Å². The third-order valence-electron chi connectivity index (χ3n) is 12.0. The zero-order chi connectivity index (χ0) is 26.3. The molecule has 4 aliphatic carbocycles. The van der Waals surface area contributed by atoms with Crippen molar-refractivity contribution >= 4 is 11.9 Å². The molecule has 206 valence electrons. The van der Waals surface area contributed by atoms with E-state index in [0.29, 0.717) is 29.6 Å². The Morgan fingerprint density at radius 1 is 0.973 bits per heavy atom. The van der Waals surface area contributed by atoms with E-state index >= 15 is 0 Å². The topological polar surface area (TPSA) is 71.1 Å². The van der Waals surface area contributed by atoms with E-state index in [9.17, 15) is 9.59 Å². The molecule has 6 nitrogen and oxygen atoms in total. The van der Waals surface area contributed by atoms with Crippen molar-refractivity contribution in [2.45, 2.75) is 117 Å². The summed E-state index contributed by atoms with van der Waals surface area (Å²) in [4.78, 5) is 24.1. The van der Waals surface area contributed by atoms with Crippen LogP contribution in [0.1, 0.15) is 92.9 Å². The first kappa shape index (κ1) is 25.9. The summed E-state index contributed by atoms with van der Waals surface area (Å²) in [6.07, 6.45) is 10.6. The van der Waals surface area contributed by atoms with Gasteiger partial charge in [-0.2, -0.15) is 0 Å². The molecule has 2 heterocycles. The van der Waals surface area contributed by atoms with Crippen LogP contribution in [0, 0.1) is 46.3 Å². The van der Waals surface area contributed by atoms with Gasteiger partial charge in [-0.05, 0) is 80.1 Å². The Labute approximate surface area is 222 Å². The number of hydrogen-bond donors (Lipinski definition) is 0. The fourth-order valence-corrected chi connectivity index (χ4v) is 10.1. The molecule has 0 radical (unpaired) electrons. The van der Waals surface area contributed by atoms with E-state index in [1.165, 1.54) is 12.5 Å². The number of fused-ring (bicyclic) bond motifs is 7. The van der Waals surface area contributed by atoms with Crippen LogP contribution in [0.15, 0.2) is 11.6 Å². The predicted octanol–water partition coefficient (Wildman–Crippen LogP) is 5.83. The number of hydrogen-bond acceptors (Lipinski definition) is 6. The second-order valence-electron chi connectivity index (χ2n) is 13.9. The molecule has 0 bridgehead atoms. The van der Waals surface area contributed by atoms with Gasteiger partial charge in [-0.3, -0.25) is 9.59 Å². The van der Waals surface area contributed by atoms with Crippen molar-refractivity contribution < 1.29 is 28.5 Å². The summed E-state index contributed by atoms with van der Waals surface area (Å²) in [6, 6.07) is 0. The first-order valence-corrected chi connectivity index (χ1v) is 14.9. The van der Waals surface area contributed by atoms with E-state index in [-0.39, 0.29) is 47.0 Å². The van der Waals surface area contributed by atoms with Gasteiger partial charge < -0.3 is 18.9 Å². The predicted molar refractivity (Wildman–Crippen MR) is 138 cm³/mol. The van der Waals surface area contributed by atoms with E-state index in [1.807, 2.05) is 0 Å². The van der Waals surface area contributed by atoms with Crippen molar-refractivity contribution in [3.8, 4) is 0 Å². The molecule has 3 saturated carbocycles. The Morgan fingerprint density at radius 2 is 1.73 bits per heavy atom. The summed E-state index contributed by atoms with van der Waals surface area (Å²) >= 11 is 0. The Morgan fingerprint density at radius 3 is 2.41 bits per heavy atom. The molecular formula is C31H46O6. The molecule has 0 aromatic rings. The number of allylic oxidation sites excluding steroid dienone is 1. The molecule has 1 spiro atoms. The van der Waals surface area contributed by atoms with Crippen LogP contribution in [0.25, 0.3) is 0 Å². The van der Waals surface area contributed by atoms with E-state index in [0.717, 1.165) is 58.0 Å². The zero-order valence-corrected chi connectivity index (χ0v) is 23.6. The number of ether oxygens (including phenoxy) is 4. The molecule has 0 aromatic carbocycles. The van der Waals surface area contributed by atoms with Crippen molar-refractivity contribution in [3.63, 3.8) is 0 Å². The molecule has 2 aliphatic heterocycles. The Kier molecular flexibility index (Phi) is 6.15. The molecular weight excluding hydrogens is 468 g/mol. The Hall–Kier alpha value is -1.40. The number of rotatable bonds is 2. The smallest absolute Gasteiger partial charge is 0.303 e. The van der Waals surface area contributed by atoms with Crippen molar-refractivity contribution in [1.29, 1.82) is 0 Å². The molecule has 12 atom stereocenters. The molecule has 0 N–H and O–H groups in total. The number of esters is 2. The minimum Gasteiger partial charge on any atom is -0.463 e. The fourth-order valence-electron chi connectivity index (χ4n) is 10.1. The summed E-state index contributed by atoms with van der Waals surface area (Å²) in [5, 5.41) is 0. The highest BCUT2D eigenvalue weighted by molar-refractivity contribution is 5.67. The first-order valence-electron chi connectivity index (χ1n) is 14.9. The molecule has 2 saturated heterocycles. The van der Waals surface area contributed by atoms with Crippen molar-refractivity contribution in [2.75, 3.05) is 6.61 Å². The lowest BCUT2D eigenvalue weighted by atomic mass is 9.47. The minimum absolute atomic E-state index is 0.0281. The average molecular weight is 515 g/mol. The third kappa shape index (κ3) is 3.78. The lowest BCUT2D eigenvalue weighted by Gasteiger charge is -2.58. The highest BCUT2D eigenvalue weighted by Crippen LogP contribution is 2.70. The van der Waals surface area contributed by atoms with Crippen molar-refractivity contribution in [3.05, 3.63) is 11.6 Å². The van der Waals surface area contributed by atoms with Gasteiger partial charge >= 0.3 is 11.9 Å². The van der Waals surface area contributed by atoms with Gasteiger partial charge in [-0.1, -0.05) is 33.3 Å². The fraction of sp³-hybridized carbons (Fsp3) is 0.871. The van der Waals surface area contributed by atoms with Crippen molar-refractivity contribution in [2.24, 2.45) is 46.3 Å². The number of carbonyl (C=O) groups excluding carboxylic acids is 2. The maximum Gasteiger partial charge on any atom is 0.303 e. The van der Waals surface area contributed by atoms with E-state index in [4.69, 9.17) is 18.9 Å². The van der Waals surface area contributed by atoms with Gasteiger partial charge in [0.2, 0.25) is 0 Å². The highest BCUT2D eigenvalue weighted by Gasteiger charge is 2.71. The van der Waals surface area contributed by atoms with Crippen LogP contribution in [-0.4, -0.2) is 42.6 Å². The summed E-state index contributed by atoms with van der Waals surface area (Å²) in [5.41, 5.74) is 1.40. The first-order chi connectivity index (χ1) is 17.5. The third-order valence-corrected chi connectivity index (χ3v) is 12.0. The van der Waals surface area contributed by atoms with Gasteiger partial charge in [-0.25, -0.2) is 0 Å². The molecule has 6 heteroatoms.